The maximum absolute atomic E-state index is 12.7. The fraction of sp³-hybridized carbons (Fsp3) is 0.429. The third kappa shape index (κ3) is 9.70. The number of hydrogen-bond acceptors (Lipinski definition) is 14. The molecule has 1 saturated heterocycles. The first kappa shape index (κ1) is 32.3. The highest BCUT2D eigenvalue weighted by atomic mass is 16.6. The largest absolute Gasteiger partial charge is 0.395 e. The molecule has 236 valence electrons. The normalized spacial score (nSPS) is 13.0. The van der Waals surface area contributed by atoms with E-state index in [-0.39, 0.29) is 30.7 Å². The number of carbonyl (C=O) groups excluding carboxylic acids is 1. The Hall–Kier alpha value is -4.64. The molecule has 2 aromatic carbocycles. The van der Waals surface area contributed by atoms with Crippen LogP contribution in [0.4, 0.5) is 34.9 Å². The van der Waals surface area contributed by atoms with E-state index in [0.717, 1.165) is 5.69 Å². The van der Waals surface area contributed by atoms with Crippen LogP contribution in [-0.4, -0.2) is 110 Å². The van der Waals surface area contributed by atoms with Crippen molar-refractivity contribution >= 4 is 40.8 Å². The first-order valence-electron chi connectivity index (χ1n) is 14.3. The number of nitrogens with two attached hydrogens (primary N) is 1. The number of nitro groups is 1. The molecule has 3 aromatic rings. The molecule has 1 aliphatic rings. The Labute approximate surface area is 254 Å². The first-order chi connectivity index (χ1) is 21.5. The van der Waals surface area contributed by atoms with Crippen molar-refractivity contribution in [2.45, 2.75) is 0 Å². The van der Waals surface area contributed by atoms with Crippen LogP contribution in [-0.2, 0) is 9.47 Å². The summed E-state index contributed by atoms with van der Waals surface area (Å²) in [4.78, 5) is 41.0. The van der Waals surface area contributed by atoms with Crippen LogP contribution in [0.15, 0.2) is 48.5 Å². The van der Waals surface area contributed by atoms with Crippen LogP contribution in [0.2, 0.25) is 0 Å². The van der Waals surface area contributed by atoms with E-state index in [0.29, 0.717) is 88.8 Å². The highest BCUT2D eigenvalue weighted by Gasteiger charge is 2.21. The summed E-state index contributed by atoms with van der Waals surface area (Å²) in [5.74, 6) is 0.778. The third-order valence-corrected chi connectivity index (χ3v) is 6.55. The number of piperazine rings is 1. The third-order valence-electron chi connectivity index (χ3n) is 6.55. The number of nitrogens with one attached hydrogen (secondary N) is 3. The van der Waals surface area contributed by atoms with Crippen molar-refractivity contribution in [1.29, 1.82) is 0 Å². The van der Waals surface area contributed by atoms with Gasteiger partial charge in [-0.05, 0) is 30.3 Å². The van der Waals surface area contributed by atoms with Crippen LogP contribution < -0.4 is 31.5 Å². The van der Waals surface area contributed by atoms with Gasteiger partial charge >= 0.3 is 0 Å². The average molecular weight is 611 g/mol. The molecule has 0 radical (unpaired) electrons. The molecular formula is C28H38N10O6. The molecule has 1 amide bonds. The maximum Gasteiger partial charge on any atom is 0.269 e. The number of nitrogens with zero attached hydrogens (tertiary/aromatic N) is 6. The predicted molar refractivity (Wildman–Crippen MR) is 166 cm³/mol. The van der Waals surface area contributed by atoms with Gasteiger partial charge < -0.3 is 46.1 Å². The number of ether oxygens (including phenoxy) is 2. The number of non-ortho nitro benzene ring substituents is 1. The quantitative estimate of drug-likeness (QED) is 0.0821. The standard InChI is InChI=1S/C28H38N10O6/c29-8-16-43-18-19-44-17-10-30-25(40)21-2-1-3-22(20-21)32-27-33-26(31-9-15-39)34-28(35-27)37-13-11-36(12-14-37)23-4-6-24(7-5-23)38(41)42/h1-7,20,39H,8-19,29H2,(H,30,40)(H2,31,32,33,34,35). The van der Waals surface area contributed by atoms with Gasteiger partial charge in [0.05, 0.1) is 38.0 Å². The van der Waals surface area contributed by atoms with Crippen molar-refractivity contribution in [2.24, 2.45) is 5.73 Å². The Morgan fingerprint density at radius 1 is 0.932 bits per heavy atom. The number of aliphatic hydroxyl groups is 1. The van der Waals surface area contributed by atoms with E-state index in [2.05, 4.69) is 35.8 Å². The molecule has 16 heteroatoms. The van der Waals surface area contributed by atoms with Gasteiger partial charge in [0.2, 0.25) is 17.8 Å². The van der Waals surface area contributed by atoms with E-state index < -0.39 is 4.92 Å². The van der Waals surface area contributed by atoms with Crippen LogP contribution in [0.25, 0.3) is 0 Å². The smallest absolute Gasteiger partial charge is 0.269 e. The number of rotatable bonds is 17. The number of amides is 1. The van der Waals surface area contributed by atoms with Crippen LogP contribution in [0.5, 0.6) is 0 Å². The lowest BCUT2D eigenvalue weighted by Crippen LogP contribution is -2.47. The number of anilines is 5. The molecule has 1 aromatic heterocycles. The second kappa shape index (κ2) is 16.9. The minimum Gasteiger partial charge on any atom is -0.395 e. The molecule has 4 rings (SSSR count). The van der Waals surface area contributed by atoms with Gasteiger partial charge in [-0.1, -0.05) is 6.07 Å². The molecule has 0 saturated carbocycles. The number of carbonyl (C=O) groups is 1. The first-order valence-corrected chi connectivity index (χ1v) is 14.3. The molecule has 0 unspecified atom stereocenters. The number of hydrogen-bond donors (Lipinski definition) is 5. The minimum absolute atomic E-state index is 0.0532. The van der Waals surface area contributed by atoms with Gasteiger partial charge in [-0.25, -0.2) is 0 Å². The number of benzene rings is 2. The van der Waals surface area contributed by atoms with Crippen molar-refractivity contribution in [3.8, 4) is 0 Å². The second-order valence-corrected chi connectivity index (χ2v) is 9.66. The van der Waals surface area contributed by atoms with Gasteiger partial charge in [0.25, 0.3) is 11.6 Å². The van der Waals surface area contributed by atoms with Gasteiger partial charge in [-0.3, -0.25) is 14.9 Å². The lowest BCUT2D eigenvalue weighted by atomic mass is 10.2. The van der Waals surface area contributed by atoms with Gasteiger partial charge in [0.1, 0.15) is 0 Å². The fourth-order valence-corrected chi connectivity index (χ4v) is 4.37. The number of nitro benzene ring substituents is 1. The van der Waals surface area contributed by atoms with E-state index in [1.54, 1.807) is 36.4 Å². The molecule has 0 aliphatic carbocycles. The zero-order chi connectivity index (χ0) is 31.1. The molecule has 16 nitrogen and oxygen atoms in total. The summed E-state index contributed by atoms with van der Waals surface area (Å²) < 4.78 is 10.7. The summed E-state index contributed by atoms with van der Waals surface area (Å²) in [5.41, 5.74) is 7.39. The van der Waals surface area contributed by atoms with E-state index in [4.69, 9.17) is 15.2 Å². The van der Waals surface area contributed by atoms with E-state index in [9.17, 15) is 20.0 Å². The Kier molecular flexibility index (Phi) is 12.4. The van der Waals surface area contributed by atoms with Gasteiger partial charge in [0, 0.05) is 74.9 Å². The molecule has 0 bridgehead atoms. The second-order valence-electron chi connectivity index (χ2n) is 9.66. The van der Waals surface area contributed by atoms with Crippen LogP contribution in [0, 0.1) is 10.1 Å². The van der Waals surface area contributed by atoms with Crippen LogP contribution in [0.3, 0.4) is 0 Å². The maximum atomic E-state index is 12.7. The van der Waals surface area contributed by atoms with Crippen molar-refractivity contribution in [3.63, 3.8) is 0 Å². The molecule has 1 fully saturated rings. The van der Waals surface area contributed by atoms with E-state index >= 15 is 0 Å². The Bertz CT molecular complexity index is 1350. The van der Waals surface area contributed by atoms with Crippen molar-refractivity contribution in [1.82, 2.24) is 20.3 Å². The Morgan fingerprint density at radius 3 is 2.34 bits per heavy atom. The molecule has 0 atom stereocenters. The zero-order valence-electron chi connectivity index (χ0n) is 24.4. The topological polar surface area (TPSA) is 206 Å². The highest BCUT2D eigenvalue weighted by molar-refractivity contribution is 5.95. The minimum atomic E-state index is -0.414. The van der Waals surface area contributed by atoms with Gasteiger partial charge in [-0.2, -0.15) is 15.0 Å². The van der Waals surface area contributed by atoms with Crippen LogP contribution >= 0.6 is 0 Å². The number of aliphatic hydroxyl groups excluding tert-OH is 1. The molecule has 2 heterocycles. The molecular weight excluding hydrogens is 572 g/mol. The Balaban J connectivity index is 1.36. The van der Waals surface area contributed by atoms with E-state index in [1.807, 2.05) is 4.90 Å². The fourth-order valence-electron chi connectivity index (χ4n) is 4.37. The molecule has 6 N–H and O–H groups in total. The summed E-state index contributed by atoms with van der Waals surface area (Å²) in [7, 11) is 0. The lowest BCUT2D eigenvalue weighted by molar-refractivity contribution is -0.384. The summed E-state index contributed by atoms with van der Waals surface area (Å²) in [6.45, 7) is 5.24. The van der Waals surface area contributed by atoms with Crippen molar-refractivity contribution < 1.29 is 24.3 Å². The predicted octanol–water partition coefficient (Wildman–Crippen LogP) is 0.976. The average Bonchev–Trinajstić information content (AvgIpc) is 3.05. The van der Waals surface area contributed by atoms with Crippen molar-refractivity contribution in [3.05, 3.63) is 64.2 Å². The highest BCUT2D eigenvalue weighted by Crippen LogP contribution is 2.23. The lowest BCUT2D eigenvalue weighted by Gasteiger charge is -2.36. The Morgan fingerprint density at radius 2 is 1.64 bits per heavy atom. The molecule has 0 spiro atoms. The molecule has 44 heavy (non-hydrogen) atoms. The SMILES string of the molecule is NCCOCCOCCNC(=O)c1cccc(Nc2nc(NCCO)nc(N3CCN(c4ccc([N+](=O)[O-])cc4)CC3)n2)c1. The molecule has 1 aliphatic heterocycles. The van der Waals surface area contributed by atoms with Crippen LogP contribution in [0.1, 0.15) is 10.4 Å². The van der Waals surface area contributed by atoms with Gasteiger partial charge in [0.15, 0.2) is 0 Å². The monoisotopic (exact) mass is 610 g/mol. The zero-order valence-corrected chi connectivity index (χ0v) is 24.4. The summed E-state index contributed by atoms with van der Waals surface area (Å²) in [6, 6.07) is 13.5. The summed E-state index contributed by atoms with van der Waals surface area (Å²) in [5, 5.41) is 29.3. The van der Waals surface area contributed by atoms with Gasteiger partial charge in [-0.15, -0.1) is 0 Å². The number of aromatic nitrogens is 3. The van der Waals surface area contributed by atoms with Crippen molar-refractivity contribution in [2.75, 3.05) is 99.3 Å². The summed E-state index contributed by atoms with van der Waals surface area (Å²) in [6.07, 6.45) is 0. The summed E-state index contributed by atoms with van der Waals surface area (Å²) >= 11 is 0. The van der Waals surface area contributed by atoms with E-state index in [1.165, 1.54) is 12.1 Å².